The van der Waals surface area contributed by atoms with Gasteiger partial charge < -0.3 is 14.7 Å². The van der Waals surface area contributed by atoms with Crippen LogP contribution in [0.1, 0.15) is 26.7 Å². The number of phenolic OH excluding ortho intramolecular Hbond substituents is 1. The van der Waals surface area contributed by atoms with E-state index in [4.69, 9.17) is 4.74 Å². The van der Waals surface area contributed by atoms with Crippen LogP contribution in [-0.2, 0) is 4.79 Å². The summed E-state index contributed by atoms with van der Waals surface area (Å²) in [5.74, 6) is 0.906. The molecule has 0 saturated carbocycles. The predicted molar refractivity (Wildman–Crippen MR) is 86.1 cm³/mol. The van der Waals surface area contributed by atoms with E-state index in [0.717, 1.165) is 32.6 Å². The molecule has 1 aromatic rings. The van der Waals surface area contributed by atoms with Crippen molar-refractivity contribution in [2.24, 2.45) is 0 Å². The average molecular weight is 306 g/mol. The van der Waals surface area contributed by atoms with E-state index < -0.39 is 0 Å². The zero-order valence-corrected chi connectivity index (χ0v) is 13.5. The van der Waals surface area contributed by atoms with Gasteiger partial charge in [0, 0.05) is 38.3 Å². The van der Waals surface area contributed by atoms with Crippen LogP contribution in [0.15, 0.2) is 24.3 Å². The Labute approximate surface area is 132 Å². The summed E-state index contributed by atoms with van der Waals surface area (Å²) in [7, 11) is 0. The first kappa shape index (κ1) is 16.6. The molecule has 1 heterocycles. The minimum atomic E-state index is 0.143. The van der Waals surface area contributed by atoms with Crippen molar-refractivity contribution in [1.82, 2.24) is 9.80 Å². The van der Waals surface area contributed by atoms with Crippen molar-refractivity contribution >= 4 is 5.91 Å². The number of piperazine rings is 1. The fourth-order valence-electron chi connectivity index (χ4n) is 2.66. The largest absolute Gasteiger partial charge is 0.508 e. The van der Waals surface area contributed by atoms with Crippen LogP contribution in [0.4, 0.5) is 0 Å². The number of carbonyl (C=O) groups excluding carboxylic acids is 1. The second kappa shape index (κ2) is 8.03. The predicted octanol–water partition coefficient (Wildman–Crippen LogP) is 2.10. The van der Waals surface area contributed by atoms with Crippen LogP contribution in [0, 0.1) is 0 Å². The number of carbonyl (C=O) groups is 1. The van der Waals surface area contributed by atoms with Gasteiger partial charge in [0.2, 0.25) is 5.91 Å². The molecule has 1 aromatic carbocycles. The molecule has 0 aromatic heterocycles. The van der Waals surface area contributed by atoms with Gasteiger partial charge in [0.1, 0.15) is 11.5 Å². The number of rotatable bonds is 6. The van der Waals surface area contributed by atoms with E-state index in [1.54, 1.807) is 24.3 Å². The van der Waals surface area contributed by atoms with Crippen molar-refractivity contribution in [2.75, 3.05) is 32.8 Å². The summed E-state index contributed by atoms with van der Waals surface area (Å²) in [5, 5.41) is 9.36. The van der Waals surface area contributed by atoms with E-state index in [1.165, 1.54) is 0 Å². The maximum atomic E-state index is 12.2. The Kier molecular flexibility index (Phi) is 6.07. The Morgan fingerprint density at radius 2 is 2.05 bits per heavy atom. The van der Waals surface area contributed by atoms with Crippen molar-refractivity contribution in [2.45, 2.75) is 32.7 Å². The number of amides is 1. The molecule has 0 aliphatic carbocycles. The highest BCUT2D eigenvalue weighted by atomic mass is 16.5. The number of phenols is 1. The van der Waals surface area contributed by atoms with Gasteiger partial charge in [-0.05, 0) is 25.5 Å². The van der Waals surface area contributed by atoms with Crippen molar-refractivity contribution in [1.29, 1.82) is 0 Å². The van der Waals surface area contributed by atoms with Gasteiger partial charge in [-0.1, -0.05) is 13.0 Å². The van der Waals surface area contributed by atoms with E-state index in [1.807, 2.05) is 4.90 Å². The number of ether oxygens (including phenoxy) is 1. The van der Waals surface area contributed by atoms with Crippen LogP contribution < -0.4 is 4.74 Å². The summed E-state index contributed by atoms with van der Waals surface area (Å²) in [6.45, 7) is 8.28. The van der Waals surface area contributed by atoms with E-state index in [-0.39, 0.29) is 11.7 Å². The Hall–Kier alpha value is -1.75. The SMILES string of the molecule is CCC(C)N1CCN(C(=O)CCOc2cccc(O)c2)CC1. The van der Waals surface area contributed by atoms with Gasteiger partial charge in [0.05, 0.1) is 13.0 Å². The van der Waals surface area contributed by atoms with Gasteiger partial charge in [0.25, 0.3) is 0 Å². The molecule has 122 valence electrons. The smallest absolute Gasteiger partial charge is 0.226 e. The summed E-state index contributed by atoms with van der Waals surface area (Å²) >= 11 is 0. The van der Waals surface area contributed by atoms with E-state index in [2.05, 4.69) is 18.7 Å². The molecule has 1 aliphatic rings. The number of hydrogen-bond acceptors (Lipinski definition) is 4. The molecule has 22 heavy (non-hydrogen) atoms. The van der Waals surface area contributed by atoms with Crippen LogP contribution in [0.5, 0.6) is 11.5 Å². The Morgan fingerprint density at radius 1 is 1.32 bits per heavy atom. The molecule has 5 heteroatoms. The lowest BCUT2D eigenvalue weighted by atomic mass is 10.2. The van der Waals surface area contributed by atoms with Gasteiger partial charge in [-0.2, -0.15) is 0 Å². The maximum absolute atomic E-state index is 12.2. The first-order chi connectivity index (χ1) is 10.6. The van der Waals surface area contributed by atoms with Gasteiger partial charge in [-0.15, -0.1) is 0 Å². The highest BCUT2D eigenvalue weighted by molar-refractivity contribution is 5.76. The third-order valence-corrected chi connectivity index (χ3v) is 4.28. The fraction of sp³-hybridized carbons (Fsp3) is 0.588. The average Bonchev–Trinajstić information content (AvgIpc) is 2.54. The molecule has 1 saturated heterocycles. The number of nitrogens with zero attached hydrogens (tertiary/aromatic N) is 2. The van der Waals surface area contributed by atoms with Gasteiger partial charge in [-0.25, -0.2) is 0 Å². The van der Waals surface area contributed by atoms with Crippen LogP contribution in [0.3, 0.4) is 0 Å². The van der Waals surface area contributed by atoms with Gasteiger partial charge >= 0.3 is 0 Å². The zero-order chi connectivity index (χ0) is 15.9. The first-order valence-electron chi connectivity index (χ1n) is 8.03. The Bertz CT molecular complexity index is 485. The number of benzene rings is 1. The highest BCUT2D eigenvalue weighted by Crippen LogP contribution is 2.18. The lowest BCUT2D eigenvalue weighted by Gasteiger charge is -2.37. The van der Waals surface area contributed by atoms with Crippen LogP contribution in [0.2, 0.25) is 0 Å². The normalized spacial score (nSPS) is 17.3. The fourth-order valence-corrected chi connectivity index (χ4v) is 2.66. The Morgan fingerprint density at radius 3 is 2.68 bits per heavy atom. The standard InChI is InChI=1S/C17H26N2O3/c1-3-14(2)18-8-10-19(11-9-18)17(21)7-12-22-16-6-4-5-15(20)13-16/h4-6,13-14,20H,3,7-12H2,1-2H3. The summed E-state index contributed by atoms with van der Waals surface area (Å²) in [5.41, 5.74) is 0. The third kappa shape index (κ3) is 4.63. The minimum absolute atomic E-state index is 0.143. The molecule has 1 atom stereocenters. The monoisotopic (exact) mass is 306 g/mol. The van der Waals surface area contributed by atoms with Crippen molar-refractivity contribution in [3.63, 3.8) is 0 Å². The third-order valence-electron chi connectivity index (χ3n) is 4.28. The summed E-state index contributed by atoms with van der Waals surface area (Å²) in [6.07, 6.45) is 1.52. The maximum Gasteiger partial charge on any atom is 0.226 e. The molecule has 0 bridgehead atoms. The second-order valence-corrected chi connectivity index (χ2v) is 5.77. The van der Waals surface area contributed by atoms with Crippen LogP contribution in [0.25, 0.3) is 0 Å². The van der Waals surface area contributed by atoms with Gasteiger partial charge in [0.15, 0.2) is 0 Å². The number of hydrogen-bond donors (Lipinski definition) is 1. The Balaban J connectivity index is 1.70. The molecular weight excluding hydrogens is 280 g/mol. The van der Waals surface area contributed by atoms with Gasteiger partial charge in [-0.3, -0.25) is 9.69 Å². The van der Waals surface area contributed by atoms with E-state index in [0.29, 0.717) is 24.8 Å². The molecule has 1 N–H and O–H groups in total. The lowest BCUT2D eigenvalue weighted by molar-refractivity contribution is -0.133. The topological polar surface area (TPSA) is 53.0 Å². The highest BCUT2D eigenvalue weighted by Gasteiger charge is 2.22. The molecule has 1 unspecified atom stereocenters. The van der Waals surface area contributed by atoms with Crippen molar-refractivity contribution in [3.8, 4) is 11.5 Å². The van der Waals surface area contributed by atoms with Crippen LogP contribution >= 0.6 is 0 Å². The zero-order valence-electron chi connectivity index (χ0n) is 13.5. The lowest BCUT2D eigenvalue weighted by Crippen LogP contribution is -2.51. The molecule has 2 rings (SSSR count). The van der Waals surface area contributed by atoms with Crippen molar-refractivity contribution < 1.29 is 14.6 Å². The van der Waals surface area contributed by atoms with E-state index >= 15 is 0 Å². The first-order valence-corrected chi connectivity index (χ1v) is 8.03. The summed E-state index contributed by atoms with van der Waals surface area (Å²) < 4.78 is 5.51. The molecule has 1 aliphatic heterocycles. The molecule has 0 spiro atoms. The molecular formula is C17H26N2O3. The van der Waals surface area contributed by atoms with Crippen LogP contribution in [-0.4, -0.2) is 59.6 Å². The summed E-state index contributed by atoms with van der Waals surface area (Å²) in [6, 6.07) is 7.23. The second-order valence-electron chi connectivity index (χ2n) is 5.77. The van der Waals surface area contributed by atoms with E-state index in [9.17, 15) is 9.90 Å². The van der Waals surface area contributed by atoms with Crippen molar-refractivity contribution in [3.05, 3.63) is 24.3 Å². The molecule has 1 fully saturated rings. The minimum Gasteiger partial charge on any atom is -0.508 e. The summed E-state index contributed by atoms with van der Waals surface area (Å²) in [4.78, 5) is 16.5. The quantitative estimate of drug-likeness (QED) is 0.874. The molecule has 0 radical (unpaired) electrons. The molecule has 1 amide bonds. The number of aromatic hydroxyl groups is 1. The molecule has 5 nitrogen and oxygen atoms in total.